The van der Waals surface area contributed by atoms with Crippen LogP contribution in [0.3, 0.4) is 0 Å². The highest BCUT2D eigenvalue weighted by Gasteiger charge is 2.17. The molecule has 1 amide bonds. The van der Waals surface area contributed by atoms with Gasteiger partial charge in [0.25, 0.3) is 0 Å². The number of methoxy groups -OCH3 is 2. The second kappa shape index (κ2) is 8.84. The number of halogens is 2. The normalized spacial score (nSPS) is 10.8. The molecule has 26 heavy (non-hydrogen) atoms. The van der Waals surface area contributed by atoms with Crippen LogP contribution in [0.5, 0.6) is 17.2 Å². The van der Waals surface area contributed by atoms with E-state index in [1.165, 1.54) is 38.5 Å². The van der Waals surface area contributed by atoms with Gasteiger partial charge in [-0.15, -0.1) is 0 Å². The van der Waals surface area contributed by atoms with Crippen LogP contribution in [0, 0.1) is 6.92 Å². The third kappa shape index (κ3) is 4.95. The van der Waals surface area contributed by atoms with E-state index in [0.717, 1.165) is 5.56 Å². The van der Waals surface area contributed by atoms with E-state index < -0.39 is 6.61 Å². The van der Waals surface area contributed by atoms with Gasteiger partial charge < -0.3 is 19.5 Å². The summed E-state index contributed by atoms with van der Waals surface area (Å²) in [5, 5.41) is 2.76. The van der Waals surface area contributed by atoms with Crippen LogP contribution < -0.4 is 19.5 Å². The summed E-state index contributed by atoms with van der Waals surface area (Å²) in [4.78, 5) is 12.1. The molecule has 0 radical (unpaired) electrons. The van der Waals surface area contributed by atoms with Gasteiger partial charge in [0.2, 0.25) is 11.7 Å². The number of ether oxygens (including phenoxy) is 3. The predicted molar refractivity (Wildman–Crippen MR) is 95.0 cm³/mol. The van der Waals surface area contributed by atoms with Crippen molar-refractivity contribution in [2.75, 3.05) is 19.5 Å². The molecule has 0 heterocycles. The maximum absolute atomic E-state index is 12.5. The number of para-hydroxylation sites is 1. The summed E-state index contributed by atoms with van der Waals surface area (Å²) in [6.45, 7) is -1.13. The topological polar surface area (TPSA) is 56.8 Å². The van der Waals surface area contributed by atoms with E-state index in [2.05, 4.69) is 10.1 Å². The fraction of sp³-hybridized carbons (Fsp3) is 0.211. The minimum Gasteiger partial charge on any atom is -0.493 e. The van der Waals surface area contributed by atoms with Crippen molar-refractivity contribution in [1.82, 2.24) is 0 Å². The molecule has 138 valence electrons. The second-order valence-corrected chi connectivity index (χ2v) is 5.27. The van der Waals surface area contributed by atoms with Crippen molar-refractivity contribution < 1.29 is 27.8 Å². The van der Waals surface area contributed by atoms with Crippen molar-refractivity contribution >= 4 is 17.7 Å². The summed E-state index contributed by atoms with van der Waals surface area (Å²) in [6, 6.07) is 10.3. The van der Waals surface area contributed by atoms with E-state index in [1.807, 2.05) is 25.1 Å². The van der Waals surface area contributed by atoms with Crippen LogP contribution in [-0.2, 0) is 4.79 Å². The monoisotopic (exact) mass is 363 g/mol. The first-order valence-corrected chi connectivity index (χ1v) is 7.70. The first-order chi connectivity index (χ1) is 12.4. The molecule has 5 nitrogen and oxygen atoms in total. The van der Waals surface area contributed by atoms with E-state index >= 15 is 0 Å². The van der Waals surface area contributed by atoms with Crippen molar-refractivity contribution in [3.05, 3.63) is 53.6 Å². The van der Waals surface area contributed by atoms with Crippen LogP contribution in [0.25, 0.3) is 6.08 Å². The Kier molecular flexibility index (Phi) is 6.54. The summed E-state index contributed by atoms with van der Waals surface area (Å²) in [6.07, 6.45) is 2.85. The summed E-state index contributed by atoms with van der Waals surface area (Å²) in [5.74, 6) is -0.385. The minimum absolute atomic E-state index is 0.0728. The molecular weight excluding hydrogens is 344 g/mol. The summed E-state index contributed by atoms with van der Waals surface area (Å²) in [7, 11) is 2.65. The number of hydrogen-bond donors (Lipinski definition) is 1. The molecule has 0 aliphatic carbocycles. The first kappa shape index (κ1) is 19.2. The molecule has 0 saturated heterocycles. The average molecular weight is 363 g/mol. The summed E-state index contributed by atoms with van der Waals surface area (Å²) < 4.78 is 39.7. The SMILES string of the molecule is COc1cc(/C=C/C(=O)Nc2ccccc2C)cc(OC)c1OC(F)F. The van der Waals surface area contributed by atoms with Crippen molar-refractivity contribution in [2.24, 2.45) is 0 Å². The summed E-state index contributed by atoms with van der Waals surface area (Å²) >= 11 is 0. The number of alkyl halides is 2. The fourth-order valence-electron chi connectivity index (χ4n) is 2.26. The third-order valence-corrected chi connectivity index (χ3v) is 3.52. The highest BCUT2D eigenvalue weighted by atomic mass is 19.3. The predicted octanol–water partition coefficient (Wildman–Crippen LogP) is 4.27. The number of carbonyl (C=O) groups is 1. The Morgan fingerprint density at radius 1 is 1.12 bits per heavy atom. The van der Waals surface area contributed by atoms with Gasteiger partial charge in [-0.1, -0.05) is 18.2 Å². The molecule has 2 aromatic rings. The third-order valence-electron chi connectivity index (χ3n) is 3.52. The van der Waals surface area contributed by atoms with Crippen molar-refractivity contribution in [3.63, 3.8) is 0 Å². The van der Waals surface area contributed by atoms with E-state index in [1.54, 1.807) is 6.07 Å². The zero-order valence-electron chi connectivity index (χ0n) is 14.6. The van der Waals surface area contributed by atoms with E-state index in [-0.39, 0.29) is 23.2 Å². The second-order valence-electron chi connectivity index (χ2n) is 5.27. The van der Waals surface area contributed by atoms with Crippen LogP contribution in [0.1, 0.15) is 11.1 Å². The van der Waals surface area contributed by atoms with Crippen LogP contribution in [0.15, 0.2) is 42.5 Å². The molecular formula is C19H19F2NO4. The molecule has 0 spiro atoms. The number of hydrogen-bond acceptors (Lipinski definition) is 4. The van der Waals surface area contributed by atoms with Crippen LogP contribution >= 0.6 is 0 Å². The molecule has 0 saturated carbocycles. The van der Waals surface area contributed by atoms with E-state index in [0.29, 0.717) is 11.3 Å². The lowest BCUT2D eigenvalue weighted by molar-refractivity contribution is -0.111. The summed E-state index contributed by atoms with van der Waals surface area (Å²) in [5.41, 5.74) is 2.17. The van der Waals surface area contributed by atoms with Crippen LogP contribution in [-0.4, -0.2) is 26.7 Å². The van der Waals surface area contributed by atoms with Gasteiger partial charge in [-0.05, 0) is 42.3 Å². The molecule has 0 atom stereocenters. The quantitative estimate of drug-likeness (QED) is 0.747. The van der Waals surface area contributed by atoms with Gasteiger partial charge >= 0.3 is 6.61 Å². The Labute approximate surface area is 150 Å². The molecule has 2 aromatic carbocycles. The fourth-order valence-corrected chi connectivity index (χ4v) is 2.26. The standard InChI is InChI=1S/C19H19F2NO4/c1-12-6-4-5-7-14(12)22-17(23)9-8-13-10-15(24-2)18(26-19(20)21)16(11-13)25-3/h4-11,19H,1-3H3,(H,22,23)/b9-8+. The smallest absolute Gasteiger partial charge is 0.387 e. The Morgan fingerprint density at radius 2 is 1.73 bits per heavy atom. The molecule has 7 heteroatoms. The number of anilines is 1. The Balaban J connectivity index is 2.21. The highest BCUT2D eigenvalue weighted by Crippen LogP contribution is 2.39. The molecule has 2 rings (SSSR count). The lowest BCUT2D eigenvalue weighted by atomic mass is 10.1. The number of amides is 1. The van der Waals surface area contributed by atoms with Gasteiger partial charge in [-0.3, -0.25) is 4.79 Å². The zero-order chi connectivity index (χ0) is 19.1. The van der Waals surface area contributed by atoms with Gasteiger partial charge in [0.1, 0.15) is 0 Å². The Morgan fingerprint density at radius 3 is 2.27 bits per heavy atom. The van der Waals surface area contributed by atoms with Crippen LogP contribution in [0.2, 0.25) is 0 Å². The largest absolute Gasteiger partial charge is 0.493 e. The van der Waals surface area contributed by atoms with Gasteiger partial charge in [0.15, 0.2) is 11.5 Å². The van der Waals surface area contributed by atoms with Gasteiger partial charge in [-0.2, -0.15) is 8.78 Å². The Hall–Kier alpha value is -3.09. The van der Waals surface area contributed by atoms with Crippen molar-refractivity contribution in [1.29, 1.82) is 0 Å². The molecule has 0 fully saturated rings. The lowest BCUT2D eigenvalue weighted by Gasteiger charge is -2.14. The number of benzene rings is 2. The number of aryl methyl sites for hydroxylation is 1. The van der Waals surface area contributed by atoms with Crippen LogP contribution in [0.4, 0.5) is 14.5 Å². The number of carbonyl (C=O) groups excluding carboxylic acids is 1. The molecule has 0 unspecified atom stereocenters. The number of nitrogens with one attached hydrogen (secondary N) is 1. The van der Waals surface area contributed by atoms with E-state index in [4.69, 9.17) is 9.47 Å². The molecule has 0 bridgehead atoms. The van der Waals surface area contributed by atoms with E-state index in [9.17, 15) is 13.6 Å². The van der Waals surface area contributed by atoms with Crippen molar-refractivity contribution in [2.45, 2.75) is 13.5 Å². The van der Waals surface area contributed by atoms with Crippen molar-refractivity contribution in [3.8, 4) is 17.2 Å². The Bertz CT molecular complexity index is 781. The maximum Gasteiger partial charge on any atom is 0.387 e. The molecule has 1 N–H and O–H groups in total. The van der Waals surface area contributed by atoms with Gasteiger partial charge in [0.05, 0.1) is 14.2 Å². The molecule has 0 aliphatic heterocycles. The average Bonchev–Trinajstić information content (AvgIpc) is 2.62. The highest BCUT2D eigenvalue weighted by molar-refractivity contribution is 6.02. The zero-order valence-corrected chi connectivity index (χ0v) is 14.6. The maximum atomic E-state index is 12.5. The number of rotatable bonds is 7. The molecule has 0 aliphatic rings. The minimum atomic E-state index is -3.01. The van der Waals surface area contributed by atoms with Gasteiger partial charge in [-0.25, -0.2) is 0 Å². The molecule has 0 aromatic heterocycles. The first-order valence-electron chi connectivity index (χ1n) is 7.70. The lowest BCUT2D eigenvalue weighted by Crippen LogP contribution is -2.08. The van der Waals surface area contributed by atoms with Gasteiger partial charge in [0, 0.05) is 11.8 Å².